The molecule has 2 nitrogen and oxygen atoms in total. The molecular formula is C10H14Cl3NO. The number of hydrogen-bond acceptors (Lipinski definition) is 2. The van der Waals surface area contributed by atoms with E-state index >= 15 is 0 Å². The summed E-state index contributed by atoms with van der Waals surface area (Å²) in [7, 11) is 0. The summed E-state index contributed by atoms with van der Waals surface area (Å²) >= 11 is 17.3. The zero-order valence-corrected chi connectivity index (χ0v) is 10.9. The third-order valence-corrected chi connectivity index (χ3v) is 3.66. The highest BCUT2D eigenvalue weighted by atomic mass is 35.6. The van der Waals surface area contributed by atoms with Gasteiger partial charge in [0.1, 0.15) is 0 Å². The molecule has 1 fully saturated rings. The van der Waals surface area contributed by atoms with Gasteiger partial charge in [-0.2, -0.15) is 0 Å². The largest absolute Gasteiger partial charge is 0.477 e. The number of ether oxygens (including phenoxy) is 1. The summed E-state index contributed by atoms with van der Waals surface area (Å²) in [4.78, 5) is 4.46. The maximum Gasteiger partial charge on any atom is 0.266 e. The molecule has 0 amide bonds. The molecule has 86 valence electrons. The molecule has 1 unspecified atom stereocenters. The smallest absolute Gasteiger partial charge is 0.266 e. The molecule has 0 radical (unpaired) electrons. The molecule has 0 N–H and O–H groups in total. The van der Waals surface area contributed by atoms with Crippen molar-refractivity contribution in [2.24, 2.45) is 10.4 Å². The predicted octanol–water partition coefficient (Wildman–Crippen LogP) is 3.73. The second-order valence-electron chi connectivity index (χ2n) is 4.39. The van der Waals surface area contributed by atoms with Gasteiger partial charge in [-0.15, -0.1) is 0 Å². The average Bonchev–Trinajstić information content (AvgIpc) is 2.89. The summed E-state index contributed by atoms with van der Waals surface area (Å²) in [5, 5.41) is 0. The molecule has 5 heteroatoms. The fourth-order valence-electron chi connectivity index (χ4n) is 2.06. The van der Waals surface area contributed by atoms with Crippen molar-refractivity contribution in [3.63, 3.8) is 0 Å². The minimum Gasteiger partial charge on any atom is -0.477 e. The van der Waals surface area contributed by atoms with E-state index in [2.05, 4.69) is 11.9 Å². The van der Waals surface area contributed by atoms with Gasteiger partial charge in [0, 0.05) is 5.41 Å². The van der Waals surface area contributed by atoms with Crippen LogP contribution in [-0.4, -0.2) is 22.3 Å². The van der Waals surface area contributed by atoms with Crippen LogP contribution in [-0.2, 0) is 4.74 Å². The molecule has 1 heterocycles. The van der Waals surface area contributed by atoms with Crippen molar-refractivity contribution in [3.8, 4) is 0 Å². The first-order valence-electron chi connectivity index (χ1n) is 5.26. The van der Waals surface area contributed by atoms with Crippen molar-refractivity contribution in [3.05, 3.63) is 0 Å². The van der Waals surface area contributed by atoms with E-state index in [1.807, 2.05) is 0 Å². The van der Waals surface area contributed by atoms with Crippen molar-refractivity contribution in [1.29, 1.82) is 0 Å². The Balaban J connectivity index is 2.16. The van der Waals surface area contributed by atoms with Crippen LogP contribution in [0.1, 0.15) is 32.6 Å². The Hall–Kier alpha value is 0.340. The quantitative estimate of drug-likeness (QED) is 0.701. The SMILES string of the molecule is CCCC1N=C(C(Cl)(Cl)Cl)OCC12CC2. The summed E-state index contributed by atoms with van der Waals surface area (Å²) in [6.45, 7) is 2.81. The Morgan fingerprint density at radius 1 is 1.47 bits per heavy atom. The highest BCUT2D eigenvalue weighted by Crippen LogP contribution is 2.54. The second kappa shape index (κ2) is 3.97. The number of alkyl halides is 3. The van der Waals surface area contributed by atoms with Crippen LogP contribution in [0.2, 0.25) is 0 Å². The monoisotopic (exact) mass is 269 g/mol. The molecule has 1 saturated carbocycles. The van der Waals surface area contributed by atoms with Crippen LogP contribution < -0.4 is 0 Å². The van der Waals surface area contributed by atoms with Crippen LogP contribution in [0.15, 0.2) is 4.99 Å². The summed E-state index contributed by atoms with van der Waals surface area (Å²) < 4.78 is 3.94. The van der Waals surface area contributed by atoms with Crippen LogP contribution in [0.5, 0.6) is 0 Å². The minimum absolute atomic E-state index is 0.259. The normalized spacial score (nSPS) is 28.5. The lowest BCUT2D eigenvalue weighted by Crippen LogP contribution is -2.38. The van der Waals surface area contributed by atoms with Gasteiger partial charge in [0.25, 0.3) is 3.79 Å². The number of hydrogen-bond donors (Lipinski definition) is 0. The van der Waals surface area contributed by atoms with E-state index in [9.17, 15) is 0 Å². The molecule has 0 saturated heterocycles. The van der Waals surface area contributed by atoms with E-state index in [-0.39, 0.29) is 17.4 Å². The minimum atomic E-state index is -1.51. The maximum atomic E-state index is 5.77. The Bertz CT molecular complexity index is 281. The van der Waals surface area contributed by atoms with E-state index in [0.717, 1.165) is 12.8 Å². The lowest BCUT2D eigenvalue weighted by molar-refractivity contribution is 0.162. The van der Waals surface area contributed by atoms with E-state index in [4.69, 9.17) is 39.5 Å². The first-order chi connectivity index (χ1) is 6.98. The number of halogens is 3. The number of aliphatic imine (C=N–C) groups is 1. The van der Waals surface area contributed by atoms with Crippen LogP contribution in [0, 0.1) is 5.41 Å². The fourth-order valence-corrected chi connectivity index (χ4v) is 2.37. The van der Waals surface area contributed by atoms with Crippen LogP contribution in [0.3, 0.4) is 0 Å². The Morgan fingerprint density at radius 2 is 2.13 bits per heavy atom. The summed E-state index contributed by atoms with van der Waals surface area (Å²) in [6, 6.07) is 0.280. The standard InChI is InChI=1S/C10H14Cl3NO/c1-2-3-7-9(4-5-9)6-15-8(14-7)10(11,12)13/h7H,2-6H2,1H3. The Kier molecular flexibility index (Phi) is 3.13. The van der Waals surface area contributed by atoms with Gasteiger partial charge in [-0.25, -0.2) is 4.99 Å². The van der Waals surface area contributed by atoms with Crippen LogP contribution >= 0.6 is 34.8 Å². The van der Waals surface area contributed by atoms with Crippen LogP contribution in [0.4, 0.5) is 0 Å². The van der Waals surface area contributed by atoms with E-state index < -0.39 is 3.79 Å². The molecule has 2 aliphatic rings. The predicted molar refractivity (Wildman–Crippen MR) is 64.0 cm³/mol. The van der Waals surface area contributed by atoms with Crippen molar-refractivity contribution in [1.82, 2.24) is 0 Å². The molecular weight excluding hydrogens is 256 g/mol. The maximum absolute atomic E-state index is 5.77. The lowest BCUT2D eigenvalue weighted by Gasteiger charge is -2.31. The summed E-state index contributed by atoms with van der Waals surface area (Å²) in [6.07, 6.45) is 4.53. The first kappa shape index (κ1) is 11.8. The third kappa shape index (κ3) is 2.37. The van der Waals surface area contributed by atoms with Crippen LogP contribution in [0.25, 0.3) is 0 Å². The second-order valence-corrected chi connectivity index (χ2v) is 6.67. The summed E-state index contributed by atoms with van der Waals surface area (Å²) in [5.74, 6) is 0.267. The van der Waals surface area contributed by atoms with Crippen molar-refractivity contribution < 1.29 is 4.74 Å². The van der Waals surface area contributed by atoms with Gasteiger partial charge in [0.2, 0.25) is 5.90 Å². The molecule has 2 rings (SSSR count). The van der Waals surface area contributed by atoms with E-state index in [1.54, 1.807) is 0 Å². The highest BCUT2D eigenvalue weighted by Gasteiger charge is 2.53. The van der Waals surface area contributed by atoms with Gasteiger partial charge in [-0.3, -0.25) is 0 Å². The summed E-state index contributed by atoms with van der Waals surface area (Å²) in [5.41, 5.74) is 0.259. The molecule has 0 aromatic carbocycles. The molecule has 0 aromatic heterocycles. The van der Waals surface area contributed by atoms with E-state index in [1.165, 1.54) is 12.8 Å². The molecule has 1 aliphatic heterocycles. The molecule has 1 atom stereocenters. The Labute approximate surface area is 105 Å². The van der Waals surface area contributed by atoms with Gasteiger partial charge in [0.05, 0.1) is 12.6 Å². The number of rotatable bonds is 2. The average molecular weight is 271 g/mol. The van der Waals surface area contributed by atoms with Gasteiger partial charge < -0.3 is 4.74 Å². The van der Waals surface area contributed by atoms with Crippen molar-refractivity contribution in [2.75, 3.05) is 6.61 Å². The molecule has 15 heavy (non-hydrogen) atoms. The zero-order valence-electron chi connectivity index (χ0n) is 8.60. The Morgan fingerprint density at radius 3 is 2.60 bits per heavy atom. The van der Waals surface area contributed by atoms with Gasteiger partial charge in [0.15, 0.2) is 0 Å². The topological polar surface area (TPSA) is 21.6 Å². The van der Waals surface area contributed by atoms with E-state index in [0.29, 0.717) is 6.61 Å². The van der Waals surface area contributed by atoms with Gasteiger partial charge in [-0.05, 0) is 19.3 Å². The van der Waals surface area contributed by atoms with Gasteiger partial charge in [-0.1, -0.05) is 48.1 Å². The number of nitrogens with zero attached hydrogens (tertiary/aromatic N) is 1. The molecule has 1 aliphatic carbocycles. The molecule has 0 aromatic rings. The molecule has 0 bridgehead atoms. The van der Waals surface area contributed by atoms with Crippen molar-refractivity contribution >= 4 is 40.7 Å². The van der Waals surface area contributed by atoms with Gasteiger partial charge >= 0.3 is 0 Å². The lowest BCUT2D eigenvalue weighted by atomic mass is 9.93. The third-order valence-electron chi connectivity index (χ3n) is 3.17. The van der Waals surface area contributed by atoms with Crippen molar-refractivity contribution in [2.45, 2.75) is 42.4 Å². The zero-order chi connectivity index (χ0) is 11.1. The highest BCUT2D eigenvalue weighted by molar-refractivity contribution is 6.76. The fraction of sp³-hybridized carbons (Fsp3) is 0.900. The molecule has 1 spiro atoms. The first-order valence-corrected chi connectivity index (χ1v) is 6.39.